The molecule has 1 aliphatic rings. The highest BCUT2D eigenvalue weighted by Gasteiger charge is 2.34. The van der Waals surface area contributed by atoms with Crippen molar-refractivity contribution in [3.8, 4) is 0 Å². The molecule has 7 nitrogen and oxygen atoms in total. The lowest BCUT2D eigenvalue weighted by Gasteiger charge is -2.33. The van der Waals surface area contributed by atoms with Crippen LogP contribution in [0.2, 0.25) is 0 Å². The van der Waals surface area contributed by atoms with Crippen molar-refractivity contribution < 1.29 is 23.5 Å². The Morgan fingerprint density at radius 1 is 1.17 bits per heavy atom. The Bertz CT molecular complexity index is 845. The van der Waals surface area contributed by atoms with Crippen LogP contribution in [-0.2, 0) is 20.7 Å². The summed E-state index contributed by atoms with van der Waals surface area (Å²) in [5, 5.41) is 2.77. The minimum atomic E-state index is -0.617. The van der Waals surface area contributed by atoms with Crippen molar-refractivity contribution in [1.82, 2.24) is 10.2 Å². The first-order chi connectivity index (χ1) is 14.5. The van der Waals surface area contributed by atoms with E-state index in [0.29, 0.717) is 25.8 Å². The third-order valence-corrected chi connectivity index (χ3v) is 5.20. The molecule has 0 bridgehead atoms. The minimum Gasteiger partial charge on any atom is -0.462 e. The fourth-order valence-corrected chi connectivity index (χ4v) is 3.50. The molecule has 1 aliphatic heterocycles. The maximum Gasteiger partial charge on any atom is 0.328 e. The molecule has 7 heteroatoms. The first-order valence-corrected chi connectivity index (χ1v) is 10.4. The number of nitrogens with one attached hydrogen (secondary N) is 1. The molecule has 0 aliphatic carbocycles. The van der Waals surface area contributed by atoms with Gasteiger partial charge in [-0.05, 0) is 50.3 Å². The lowest BCUT2D eigenvalue weighted by Crippen LogP contribution is -2.49. The maximum atomic E-state index is 12.6. The van der Waals surface area contributed by atoms with E-state index in [2.05, 4.69) is 5.32 Å². The predicted molar refractivity (Wildman–Crippen MR) is 111 cm³/mol. The zero-order valence-corrected chi connectivity index (χ0v) is 17.3. The molecular formula is C23H28N2O5. The van der Waals surface area contributed by atoms with Gasteiger partial charge in [0.15, 0.2) is 5.76 Å². The molecule has 3 rings (SSSR count). The number of hydrogen-bond donors (Lipinski definition) is 1. The van der Waals surface area contributed by atoms with Crippen LogP contribution in [0.1, 0.15) is 47.4 Å². The van der Waals surface area contributed by atoms with E-state index in [1.54, 1.807) is 12.1 Å². The van der Waals surface area contributed by atoms with Gasteiger partial charge in [0.1, 0.15) is 12.6 Å². The molecule has 1 aromatic carbocycles. The standard InChI is InChI=1S/C23H28N2O5/c1-17-7-9-18(10-8-17)11-12-21(26)24-13-16-30-23(28)19-5-2-3-14-25(19)22(27)20-6-4-15-29-20/h4,6-10,15,19H,2-3,5,11-14,16H2,1H3,(H,24,26). The number of benzene rings is 1. The van der Waals surface area contributed by atoms with Gasteiger partial charge < -0.3 is 19.4 Å². The molecule has 0 radical (unpaired) electrons. The number of likely N-dealkylation sites (tertiary alicyclic amines) is 1. The summed E-state index contributed by atoms with van der Waals surface area (Å²) in [6, 6.07) is 10.7. The van der Waals surface area contributed by atoms with Gasteiger partial charge in [0.05, 0.1) is 12.8 Å². The van der Waals surface area contributed by atoms with Crippen LogP contribution in [0.4, 0.5) is 0 Å². The Kier molecular flexibility index (Phi) is 7.65. The van der Waals surface area contributed by atoms with E-state index in [0.717, 1.165) is 18.4 Å². The van der Waals surface area contributed by atoms with Crippen LogP contribution in [0.5, 0.6) is 0 Å². The van der Waals surface area contributed by atoms with E-state index in [1.165, 1.54) is 16.7 Å². The van der Waals surface area contributed by atoms with E-state index in [4.69, 9.17) is 9.15 Å². The number of amides is 2. The largest absolute Gasteiger partial charge is 0.462 e. The second-order valence-corrected chi connectivity index (χ2v) is 7.49. The van der Waals surface area contributed by atoms with E-state index < -0.39 is 12.0 Å². The monoisotopic (exact) mass is 412 g/mol. The van der Waals surface area contributed by atoms with Crippen molar-refractivity contribution in [1.29, 1.82) is 0 Å². The van der Waals surface area contributed by atoms with E-state index in [9.17, 15) is 14.4 Å². The smallest absolute Gasteiger partial charge is 0.328 e. The van der Waals surface area contributed by atoms with Crippen molar-refractivity contribution in [2.75, 3.05) is 19.7 Å². The number of carbonyl (C=O) groups excluding carboxylic acids is 3. The molecule has 0 saturated carbocycles. The summed E-state index contributed by atoms with van der Waals surface area (Å²) in [5.74, 6) is -0.607. The number of carbonyl (C=O) groups is 3. The number of nitrogens with zero attached hydrogens (tertiary/aromatic N) is 1. The fourth-order valence-electron chi connectivity index (χ4n) is 3.50. The third-order valence-electron chi connectivity index (χ3n) is 5.20. The Labute approximate surface area is 176 Å². The third kappa shape index (κ3) is 5.95. The molecule has 2 heterocycles. The molecule has 1 saturated heterocycles. The molecule has 2 amide bonds. The lowest BCUT2D eigenvalue weighted by molar-refractivity contribution is -0.150. The quantitative estimate of drug-likeness (QED) is 0.532. The first kappa shape index (κ1) is 21.6. The predicted octanol–water partition coefficient (Wildman–Crippen LogP) is 2.87. The number of ether oxygens (including phenoxy) is 1. The van der Waals surface area contributed by atoms with Crippen molar-refractivity contribution in [2.45, 2.75) is 45.1 Å². The van der Waals surface area contributed by atoms with Crippen LogP contribution in [-0.4, -0.2) is 48.4 Å². The molecular weight excluding hydrogens is 384 g/mol. The highest BCUT2D eigenvalue weighted by Crippen LogP contribution is 2.21. The zero-order chi connectivity index (χ0) is 21.3. The molecule has 30 heavy (non-hydrogen) atoms. The summed E-state index contributed by atoms with van der Waals surface area (Å²) in [5.41, 5.74) is 2.30. The van der Waals surface area contributed by atoms with Crippen LogP contribution in [0.15, 0.2) is 47.1 Å². The second kappa shape index (κ2) is 10.6. The van der Waals surface area contributed by atoms with Gasteiger partial charge in [-0.15, -0.1) is 0 Å². The van der Waals surface area contributed by atoms with E-state index >= 15 is 0 Å². The van der Waals surface area contributed by atoms with Gasteiger partial charge in [0.25, 0.3) is 5.91 Å². The first-order valence-electron chi connectivity index (χ1n) is 10.4. The molecule has 2 aromatic rings. The number of furan rings is 1. The maximum absolute atomic E-state index is 12.6. The minimum absolute atomic E-state index is 0.0778. The summed E-state index contributed by atoms with van der Waals surface area (Å²) in [6.45, 7) is 2.85. The highest BCUT2D eigenvalue weighted by molar-refractivity contribution is 5.94. The molecule has 0 spiro atoms. The molecule has 1 fully saturated rings. The summed E-state index contributed by atoms with van der Waals surface area (Å²) >= 11 is 0. The number of aryl methyl sites for hydroxylation is 2. The number of rotatable bonds is 8. The Hall–Kier alpha value is -3.09. The summed E-state index contributed by atoms with van der Waals surface area (Å²) < 4.78 is 10.5. The van der Waals surface area contributed by atoms with Crippen LogP contribution in [0, 0.1) is 6.92 Å². The topological polar surface area (TPSA) is 88.9 Å². The van der Waals surface area contributed by atoms with Gasteiger partial charge in [0.2, 0.25) is 5.91 Å². The number of piperidine rings is 1. The average molecular weight is 412 g/mol. The summed E-state index contributed by atoms with van der Waals surface area (Å²) in [6.07, 6.45) is 4.74. The Balaban J connectivity index is 1.39. The molecule has 1 aromatic heterocycles. The van der Waals surface area contributed by atoms with Crippen LogP contribution < -0.4 is 5.32 Å². The molecule has 1 atom stereocenters. The van der Waals surface area contributed by atoms with E-state index in [-0.39, 0.29) is 30.7 Å². The zero-order valence-electron chi connectivity index (χ0n) is 17.3. The van der Waals surface area contributed by atoms with Gasteiger partial charge >= 0.3 is 5.97 Å². The SMILES string of the molecule is Cc1ccc(CCC(=O)NCCOC(=O)C2CCCCN2C(=O)c2ccco2)cc1. The van der Waals surface area contributed by atoms with Gasteiger partial charge in [-0.25, -0.2) is 4.79 Å². The van der Waals surface area contributed by atoms with Crippen molar-refractivity contribution in [3.05, 3.63) is 59.5 Å². The molecule has 160 valence electrons. The van der Waals surface area contributed by atoms with Crippen molar-refractivity contribution in [2.24, 2.45) is 0 Å². The molecule has 1 N–H and O–H groups in total. The Morgan fingerprint density at radius 2 is 1.97 bits per heavy atom. The van der Waals surface area contributed by atoms with Crippen LogP contribution in [0.25, 0.3) is 0 Å². The van der Waals surface area contributed by atoms with Crippen LogP contribution >= 0.6 is 0 Å². The van der Waals surface area contributed by atoms with Gasteiger partial charge in [0, 0.05) is 13.0 Å². The summed E-state index contributed by atoms with van der Waals surface area (Å²) in [4.78, 5) is 38.6. The summed E-state index contributed by atoms with van der Waals surface area (Å²) in [7, 11) is 0. The molecule has 1 unspecified atom stereocenters. The van der Waals surface area contributed by atoms with Gasteiger partial charge in [-0.3, -0.25) is 9.59 Å². The highest BCUT2D eigenvalue weighted by atomic mass is 16.5. The number of hydrogen-bond acceptors (Lipinski definition) is 5. The average Bonchev–Trinajstić information content (AvgIpc) is 3.30. The lowest BCUT2D eigenvalue weighted by atomic mass is 10.0. The van der Waals surface area contributed by atoms with Crippen LogP contribution in [0.3, 0.4) is 0 Å². The van der Waals surface area contributed by atoms with Crippen molar-refractivity contribution in [3.63, 3.8) is 0 Å². The fraction of sp³-hybridized carbons (Fsp3) is 0.435. The normalized spacial score (nSPS) is 16.2. The van der Waals surface area contributed by atoms with Crippen molar-refractivity contribution >= 4 is 17.8 Å². The van der Waals surface area contributed by atoms with Gasteiger partial charge in [-0.2, -0.15) is 0 Å². The van der Waals surface area contributed by atoms with Gasteiger partial charge in [-0.1, -0.05) is 29.8 Å². The van der Waals surface area contributed by atoms with E-state index in [1.807, 2.05) is 31.2 Å². The second-order valence-electron chi connectivity index (χ2n) is 7.49. The Morgan fingerprint density at radius 3 is 2.70 bits per heavy atom. The number of esters is 1.